The smallest absolute Gasteiger partial charge is 0.0480 e. The van der Waals surface area contributed by atoms with E-state index in [1.165, 1.54) is 62.0 Å². The fourth-order valence-corrected chi connectivity index (χ4v) is 4.02. The standard InChI is InChI=1S/C19H27N3O/c1-2-4-19-18(3-1)16(15-20-19)5-8-21-9-11-22(12-10-21)17-6-13-23-14-7-17/h1-4,15,17,20H,5-14H2. The van der Waals surface area contributed by atoms with E-state index in [0.29, 0.717) is 0 Å². The predicted molar refractivity (Wildman–Crippen MR) is 93.9 cm³/mol. The summed E-state index contributed by atoms with van der Waals surface area (Å²) < 4.78 is 5.49. The van der Waals surface area contributed by atoms with Crippen LogP contribution in [-0.4, -0.2) is 66.8 Å². The van der Waals surface area contributed by atoms with Crippen molar-refractivity contribution in [1.29, 1.82) is 0 Å². The van der Waals surface area contributed by atoms with Gasteiger partial charge in [0, 0.05) is 69.1 Å². The monoisotopic (exact) mass is 313 g/mol. The minimum Gasteiger partial charge on any atom is -0.381 e. The average Bonchev–Trinajstić information content (AvgIpc) is 3.04. The van der Waals surface area contributed by atoms with Crippen LogP contribution in [0, 0.1) is 0 Å². The number of benzene rings is 1. The van der Waals surface area contributed by atoms with Crippen molar-refractivity contribution in [3.63, 3.8) is 0 Å². The van der Waals surface area contributed by atoms with E-state index in [-0.39, 0.29) is 0 Å². The van der Waals surface area contributed by atoms with Crippen LogP contribution in [0.25, 0.3) is 10.9 Å². The van der Waals surface area contributed by atoms with E-state index in [1.54, 1.807) is 0 Å². The lowest BCUT2D eigenvalue weighted by Crippen LogP contribution is -2.51. The van der Waals surface area contributed by atoms with Crippen LogP contribution in [0.3, 0.4) is 0 Å². The molecule has 2 aromatic rings. The topological polar surface area (TPSA) is 31.5 Å². The van der Waals surface area contributed by atoms with Gasteiger partial charge in [0.2, 0.25) is 0 Å². The highest BCUT2D eigenvalue weighted by atomic mass is 16.5. The molecule has 1 aromatic carbocycles. The van der Waals surface area contributed by atoms with E-state index in [2.05, 4.69) is 45.2 Å². The molecule has 0 saturated carbocycles. The van der Waals surface area contributed by atoms with Gasteiger partial charge >= 0.3 is 0 Å². The van der Waals surface area contributed by atoms with Crippen LogP contribution in [0.1, 0.15) is 18.4 Å². The summed E-state index contributed by atoms with van der Waals surface area (Å²) in [6.07, 6.45) is 5.76. The number of piperazine rings is 1. The number of ether oxygens (including phenoxy) is 1. The lowest BCUT2D eigenvalue weighted by molar-refractivity contribution is 0.0140. The summed E-state index contributed by atoms with van der Waals surface area (Å²) in [5.41, 5.74) is 2.71. The van der Waals surface area contributed by atoms with Gasteiger partial charge in [0.15, 0.2) is 0 Å². The third-order valence-electron chi connectivity index (χ3n) is 5.49. The molecule has 1 aromatic heterocycles. The van der Waals surface area contributed by atoms with Gasteiger partial charge in [-0.05, 0) is 30.9 Å². The van der Waals surface area contributed by atoms with Crippen molar-refractivity contribution >= 4 is 10.9 Å². The zero-order chi connectivity index (χ0) is 15.5. The van der Waals surface area contributed by atoms with Gasteiger partial charge in [0.25, 0.3) is 0 Å². The van der Waals surface area contributed by atoms with E-state index < -0.39 is 0 Å². The van der Waals surface area contributed by atoms with Crippen molar-refractivity contribution < 1.29 is 4.74 Å². The number of para-hydroxylation sites is 1. The Labute approximate surface area is 138 Å². The molecule has 0 spiro atoms. The van der Waals surface area contributed by atoms with Crippen LogP contribution in [0.2, 0.25) is 0 Å². The second kappa shape index (κ2) is 7.04. The lowest BCUT2D eigenvalue weighted by atomic mass is 10.1. The molecule has 2 aliphatic heterocycles. The van der Waals surface area contributed by atoms with Gasteiger partial charge in [0.1, 0.15) is 0 Å². The Bertz CT molecular complexity index is 624. The van der Waals surface area contributed by atoms with E-state index in [1.807, 2.05) is 0 Å². The Morgan fingerprint density at radius 1 is 1.04 bits per heavy atom. The molecule has 0 aliphatic carbocycles. The third kappa shape index (κ3) is 3.44. The van der Waals surface area contributed by atoms with Gasteiger partial charge in [-0.25, -0.2) is 0 Å². The molecule has 0 radical (unpaired) electrons. The van der Waals surface area contributed by atoms with E-state index in [4.69, 9.17) is 4.74 Å². The molecule has 2 aliphatic rings. The summed E-state index contributed by atoms with van der Waals surface area (Å²) in [5.74, 6) is 0. The molecule has 4 nitrogen and oxygen atoms in total. The van der Waals surface area contributed by atoms with Crippen molar-refractivity contribution in [3.05, 3.63) is 36.0 Å². The number of rotatable bonds is 4. The minimum absolute atomic E-state index is 0.763. The summed E-state index contributed by atoms with van der Waals surface area (Å²) in [5, 5.41) is 1.38. The fourth-order valence-electron chi connectivity index (χ4n) is 4.02. The molecular formula is C19H27N3O. The highest BCUT2D eigenvalue weighted by Crippen LogP contribution is 2.19. The maximum Gasteiger partial charge on any atom is 0.0480 e. The predicted octanol–water partition coefficient (Wildman–Crippen LogP) is 2.51. The van der Waals surface area contributed by atoms with Crippen LogP contribution in [-0.2, 0) is 11.2 Å². The number of hydrogen-bond acceptors (Lipinski definition) is 3. The zero-order valence-electron chi connectivity index (χ0n) is 13.8. The molecule has 1 N–H and O–H groups in total. The van der Waals surface area contributed by atoms with Crippen molar-refractivity contribution in [3.8, 4) is 0 Å². The largest absolute Gasteiger partial charge is 0.381 e. The minimum atomic E-state index is 0.763. The summed E-state index contributed by atoms with van der Waals surface area (Å²) in [6, 6.07) is 9.37. The van der Waals surface area contributed by atoms with E-state index in [9.17, 15) is 0 Å². The average molecular weight is 313 g/mol. The third-order valence-corrected chi connectivity index (χ3v) is 5.49. The molecule has 4 heteroatoms. The highest BCUT2D eigenvalue weighted by Gasteiger charge is 2.25. The molecule has 0 bridgehead atoms. The second-order valence-corrected chi connectivity index (χ2v) is 6.83. The maximum atomic E-state index is 5.49. The van der Waals surface area contributed by atoms with Crippen molar-refractivity contribution in [2.24, 2.45) is 0 Å². The van der Waals surface area contributed by atoms with Crippen LogP contribution >= 0.6 is 0 Å². The Hall–Kier alpha value is -1.36. The van der Waals surface area contributed by atoms with E-state index >= 15 is 0 Å². The first-order chi connectivity index (χ1) is 11.4. The quantitative estimate of drug-likeness (QED) is 0.941. The van der Waals surface area contributed by atoms with Crippen molar-refractivity contribution in [2.45, 2.75) is 25.3 Å². The number of nitrogens with zero attached hydrogens (tertiary/aromatic N) is 2. The summed E-state index contributed by atoms with van der Waals surface area (Å²) in [6.45, 7) is 7.93. The lowest BCUT2D eigenvalue weighted by Gasteiger charge is -2.40. The van der Waals surface area contributed by atoms with Gasteiger partial charge in [-0.15, -0.1) is 0 Å². The van der Waals surface area contributed by atoms with Gasteiger partial charge in [-0.1, -0.05) is 18.2 Å². The second-order valence-electron chi connectivity index (χ2n) is 6.83. The molecule has 23 heavy (non-hydrogen) atoms. The molecule has 0 unspecified atom stereocenters. The highest BCUT2D eigenvalue weighted by molar-refractivity contribution is 5.83. The normalized spacial score (nSPS) is 21.9. The molecule has 2 fully saturated rings. The Morgan fingerprint density at radius 3 is 2.65 bits per heavy atom. The zero-order valence-corrected chi connectivity index (χ0v) is 13.8. The molecule has 124 valence electrons. The number of hydrogen-bond donors (Lipinski definition) is 1. The number of fused-ring (bicyclic) bond motifs is 1. The van der Waals surface area contributed by atoms with Crippen LogP contribution in [0.5, 0.6) is 0 Å². The van der Waals surface area contributed by atoms with Gasteiger partial charge in [0.05, 0.1) is 0 Å². The van der Waals surface area contributed by atoms with Crippen molar-refractivity contribution in [2.75, 3.05) is 45.9 Å². The first kappa shape index (κ1) is 15.2. The van der Waals surface area contributed by atoms with Crippen molar-refractivity contribution in [1.82, 2.24) is 14.8 Å². The van der Waals surface area contributed by atoms with Crippen LogP contribution < -0.4 is 0 Å². The Balaban J connectivity index is 1.28. The van der Waals surface area contributed by atoms with E-state index in [0.717, 1.165) is 25.7 Å². The summed E-state index contributed by atoms with van der Waals surface area (Å²) in [7, 11) is 0. The van der Waals surface area contributed by atoms with Gasteiger partial charge in [-0.3, -0.25) is 4.90 Å². The molecule has 2 saturated heterocycles. The maximum absolute atomic E-state index is 5.49. The molecular weight excluding hydrogens is 286 g/mol. The Morgan fingerprint density at radius 2 is 1.83 bits per heavy atom. The Kier molecular flexibility index (Phi) is 4.64. The molecule has 4 rings (SSSR count). The molecule has 0 atom stereocenters. The number of aromatic nitrogens is 1. The molecule has 3 heterocycles. The summed E-state index contributed by atoms with van der Waals surface area (Å²) >= 11 is 0. The number of nitrogens with one attached hydrogen (secondary N) is 1. The van der Waals surface area contributed by atoms with Gasteiger partial charge in [-0.2, -0.15) is 0 Å². The fraction of sp³-hybridized carbons (Fsp3) is 0.579. The SMILES string of the molecule is c1ccc2c(CCN3CCN(C4CCOCC4)CC3)c[nH]c2c1. The first-order valence-corrected chi connectivity index (χ1v) is 8.99. The van der Waals surface area contributed by atoms with Crippen LogP contribution in [0.15, 0.2) is 30.5 Å². The first-order valence-electron chi connectivity index (χ1n) is 8.99. The summed E-state index contributed by atoms with van der Waals surface area (Å²) in [4.78, 5) is 8.70. The number of aromatic amines is 1. The van der Waals surface area contributed by atoms with Gasteiger partial charge < -0.3 is 14.6 Å². The molecule has 0 amide bonds. The number of H-pyrrole nitrogens is 1. The van der Waals surface area contributed by atoms with Crippen LogP contribution in [0.4, 0.5) is 0 Å².